The van der Waals surface area contributed by atoms with Gasteiger partial charge in [-0.15, -0.1) is 0 Å². The standard InChI is InChI=1S/C32H30ClFN2O9/c1-32-19(29(41)36(31(32)43)14-4-7-21(34)20(33)10-14)13-18-16(27(32)26-22(37)11-15(44-2)12-23(26)45-3)5-6-17-25(18)30(42)35(28(17)40)9-8-24(38)39/h4-5,7,10-12,17-19,25,27,37H,6,8-9,13H2,1-3H3,(H,38,39)/t17-,18+,19-,25-,27+,32+/m0/s1. The van der Waals surface area contributed by atoms with E-state index < -0.39 is 76.8 Å². The first-order valence-corrected chi connectivity index (χ1v) is 14.8. The van der Waals surface area contributed by atoms with E-state index in [9.17, 15) is 38.6 Å². The molecule has 2 aromatic rings. The number of amides is 4. The normalized spacial score (nSPS) is 28.9. The number of fused-ring (bicyclic) bond motifs is 4. The van der Waals surface area contributed by atoms with Gasteiger partial charge in [0.2, 0.25) is 23.6 Å². The topological polar surface area (TPSA) is 151 Å². The summed E-state index contributed by atoms with van der Waals surface area (Å²) in [5, 5.41) is 20.3. The van der Waals surface area contributed by atoms with Crippen molar-refractivity contribution in [2.75, 3.05) is 25.7 Å². The molecule has 0 radical (unpaired) electrons. The van der Waals surface area contributed by atoms with Gasteiger partial charge in [0.1, 0.15) is 23.1 Å². The molecule has 3 fully saturated rings. The summed E-state index contributed by atoms with van der Waals surface area (Å²) in [5.74, 6) is -8.29. The van der Waals surface area contributed by atoms with Crippen LogP contribution in [0, 0.1) is 34.9 Å². The number of nitrogens with zero attached hydrogens (tertiary/aromatic N) is 2. The minimum Gasteiger partial charge on any atom is -0.507 e. The lowest BCUT2D eigenvalue weighted by molar-refractivity contribution is -0.142. The third kappa shape index (κ3) is 4.40. The Morgan fingerprint density at radius 1 is 1.07 bits per heavy atom. The molecule has 0 unspecified atom stereocenters. The van der Waals surface area contributed by atoms with Crippen LogP contribution in [0.1, 0.15) is 37.7 Å². The van der Waals surface area contributed by atoms with Crippen LogP contribution in [-0.2, 0) is 24.0 Å². The summed E-state index contributed by atoms with van der Waals surface area (Å²) in [5.41, 5.74) is -0.644. The summed E-state index contributed by atoms with van der Waals surface area (Å²) < 4.78 is 25.1. The van der Waals surface area contributed by atoms with Crippen molar-refractivity contribution in [3.63, 3.8) is 0 Å². The molecule has 1 saturated carbocycles. The quantitative estimate of drug-likeness (QED) is 0.339. The van der Waals surface area contributed by atoms with Crippen LogP contribution in [0.15, 0.2) is 42.0 Å². The first kappa shape index (κ1) is 30.6. The number of phenolic OH excluding ortho intramolecular Hbond substituents is 1. The Hall–Kier alpha value is -4.45. The molecule has 2 aliphatic heterocycles. The van der Waals surface area contributed by atoms with Crippen LogP contribution in [0.5, 0.6) is 17.2 Å². The third-order valence-electron chi connectivity index (χ3n) is 9.91. The Morgan fingerprint density at radius 3 is 2.44 bits per heavy atom. The molecule has 0 bridgehead atoms. The van der Waals surface area contributed by atoms with Gasteiger partial charge in [-0.05, 0) is 43.9 Å². The van der Waals surface area contributed by atoms with Gasteiger partial charge in [0.15, 0.2) is 0 Å². The molecule has 2 heterocycles. The number of aromatic hydroxyl groups is 1. The molecule has 2 N–H and O–H groups in total. The maximum absolute atomic E-state index is 14.5. The highest BCUT2D eigenvalue weighted by atomic mass is 35.5. The fourth-order valence-electron chi connectivity index (χ4n) is 7.85. The van der Waals surface area contributed by atoms with E-state index in [4.69, 9.17) is 21.1 Å². The van der Waals surface area contributed by atoms with E-state index in [0.717, 1.165) is 15.9 Å². The van der Waals surface area contributed by atoms with Crippen LogP contribution >= 0.6 is 11.6 Å². The number of carbonyl (C=O) groups is 5. The Kier molecular flexibility index (Phi) is 7.38. The number of anilines is 1. The summed E-state index contributed by atoms with van der Waals surface area (Å²) in [6.07, 6.45) is 1.55. The number of likely N-dealkylation sites (tertiary alicyclic amines) is 1. The molecule has 6 atom stereocenters. The van der Waals surface area contributed by atoms with Gasteiger partial charge in [-0.3, -0.25) is 28.9 Å². The van der Waals surface area contributed by atoms with Gasteiger partial charge in [-0.25, -0.2) is 9.29 Å². The first-order chi connectivity index (χ1) is 21.3. The monoisotopic (exact) mass is 640 g/mol. The summed E-state index contributed by atoms with van der Waals surface area (Å²) >= 11 is 6.03. The molecule has 4 amide bonds. The summed E-state index contributed by atoms with van der Waals surface area (Å²) in [7, 11) is 2.80. The van der Waals surface area contributed by atoms with Crippen LogP contribution in [0.2, 0.25) is 5.02 Å². The largest absolute Gasteiger partial charge is 0.507 e. The minimum absolute atomic E-state index is 0.0288. The van der Waals surface area contributed by atoms with Gasteiger partial charge >= 0.3 is 5.97 Å². The number of imide groups is 2. The van der Waals surface area contributed by atoms with Crippen LogP contribution in [0.25, 0.3) is 0 Å². The van der Waals surface area contributed by atoms with Crippen LogP contribution in [0.4, 0.5) is 10.1 Å². The molecule has 236 valence electrons. The Labute approximate surface area is 262 Å². The number of halogens is 2. The highest BCUT2D eigenvalue weighted by Gasteiger charge is 2.68. The van der Waals surface area contributed by atoms with E-state index in [1.807, 2.05) is 0 Å². The maximum Gasteiger partial charge on any atom is 0.305 e. The zero-order valence-electron chi connectivity index (χ0n) is 24.6. The molecule has 2 aliphatic carbocycles. The number of hydrogen-bond acceptors (Lipinski definition) is 8. The van der Waals surface area contributed by atoms with Gasteiger partial charge in [-0.1, -0.05) is 23.3 Å². The molecule has 6 rings (SSSR count). The average molecular weight is 641 g/mol. The predicted octanol–water partition coefficient (Wildman–Crippen LogP) is 3.91. The lowest BCUT2D eigenvalue weighted by Crippen LogP contribution is -2.49. The molecule has 2 saturated heterocycles. The number of carbonyl (C=O) groups excluding carboxylic acids is 4. The summed E-state index contributed by atoms with van der Waals surface area (Å²) in [6, 6.07) is 6.43. The lowest BCUT2D eigenvalue weighted by atomic mass is 9.51. The number of hydrogen-bond donors (Lipinski definition) is 2. The lowest BCUT2D eigenvalue weighted by Gasteiger charge is -2.49. The number of benzene rings is 2. The van der Waals surface area contributed by atoms with Crippen molar-refractivity contribution in [1.82, 2.24) is 4.90 Å². The highest BCUT2D eigenvalue weighted by molar-refractivity contribution is 6.31. The van der Waals surface area contributed by atoms with Crippen LogP contribution in [0.3, 0.4) is 0 Å². The minimum atomic E-state index is -1.51. The smallest absolute Gasteiger partial charge is 0.305 e. The fourth-order valence-corrected chi connectivity index (χ4v) is 8.03. The van der Waals surface area contributed by atoms with E-state index in [2.05, 4.69) is 0 Å². The van der Waals surface area contributed by atoms with E-state index >= 15 is 0 Å². The van der Waals surface area contributed by atoms with Crippen LogP contribution in [-0.4, -0.2) is 65.5 Å². The van der Waals surface area contributed by atoms with E-state index in [0.29, 0.717) is 5.57 Å². The average Bonchev–Trinajstić information content (AvgIpc) is 3.36. The first-order valence-electron chi connectivity index (χ1n) is 14.4. The number of allylic oxidation sites excluding steroid dienone is 2. The van der Waals surface area contributed by atoms with Gasteiger partial charge in [-0.2, -0.15) is 0 Å². The zero-order valence-corrected chi connectivity index (χ0v) is 25.3. The number of ether oxygens (including phenoxy) is 2. The molecular weight excluding hydrogens is 611 g/mol. The summed E-state index contributed by atoms with van der Waals surface area (Å²) in [4.78, 5) is 69.1. The van der Waals surface area contributed by atoms with E-state index in [1.54, 1.807) is 19.1 Å². The third-order valence-corrected chi connectivity index (χ3v) is 10.2. The second-order valence-corrected chi connectivity index (χ2v) is 12.4. The van der Waals surface area contributed by atoms with Crippen molar-refractivity contribution in [2.24, 2.45) is 29.1 Å². The van der Waals surface area contributed by atoms with Crippen molar-refractivity contribution in [1.29, 1.82) is 0 Å². The fraction of sp³-hybridized carbons (Fsp3) is 0.406. The Bertz CT molecular complexity index is 1710. The Morgan fingerprint density at radius 2 is 1.80 bits per heavy atom. The second-order valence-electron chi connectivity index (χ2n) is 12.0. The van der Waals surface area contributed by atoms with Gasteiger partial charge in [0, 0.05) is 30.2 Å². The van der Waals surface area contributed by atoms with Crippen molar-refractivity contribution >= 4 is 46.9 Å². The SMILES string of the molecule is COc1cc(O)c([C@H]2C3=CC[C@@H]4C(=O)N(CCC(=O)O)C(=O)[C@@H]4[C@@H]3C[C@H]3C(=O)N(c4ccc(F)c(Cl)c4)C(=O)[C@@]23C)c(OC)c1. The molecule has 2 aromatic carbocycles. The van der Waals surface area contributed by atoms with Crippen molar-refractivity contribution in [3.05, 3.63) is 58.4 Å². The van der Waals surface area contributed by atoms with Gasteiger partial charge in [0.05, 0.1) is 54.5 Å². The number of phenols is 1. The number of aliphatic carboxylic acids is 1. The molecule has 11 nitrogen and oxygen atoms in total. The summed E-state index contributed by atoms with van der Waals surface area (Å²) in [6.45, 7) is 1.34. The maximum atomic E-state index is 14.5. The van der Waals surface area contributed by atoms with E-state index in [-0.39, 0.29) is 52.9 Å². The van der Waals surface area contributed by atoms with Gasteiger partial charge < -0.3 is 19.7 Å². The number of carboxylic acid groups (broad SMARTS) is 1. The van der Waals surface area contributed by atoms with Crippen molar-refractivity contribution < 1.29 is 48.0 Å². The van der Waals surface area contributed by atoms with Crippen molar-refractivity contribution in [3.8, 4) is 17.2 Å². The molecule has 4 aliphatic rings. The predicted molar refractivity (Wildman–Crippen MR) is 156 cm³/mol. The Balaban J connectivity index is 1.53. The van der Waals surface area contributed by atoms with Crippen LogP contribution < -0.4 is 14.4 Å². The second kappa shape index (κ2) is 10.9. The van der Waals surface area contributed by atoms with E-state index in [1.165, 1.54) is 32.4 Å². The zero-order chi connectivity index (χ0) is 32.5. The highest BCUT2D eigenvalue weighted by Crippen LogP contribution is 2.65. The van der Waals surface area contributed by atoms with Gasteiger partial charge in [0.25, 0.3) is 0 Å². The molecular formula is C32H30ClFN2O9. The molecule has 45 heavy (non-hydrogen) atoms. The number of rotatable bonds is 7. The molecule has 13 heteroatoms. The molecule has 0 spiro atoms. The number of carboxylic acids is 1. The van der Waals surface area contributed by atoms with Crippen molar-refractivity contribution in [2.45, 2.75) is 32.1 Å². The molecule has 0 aromatic heterocycles. The number of methoxy groups -OCH3 is 2.